The number of para-hydroxylation sites is 1. The summed E-state index contributed by atoms with van der Waals surface area (Å²) in [5, 5.41) is 3.16. The maximum Gasteiger partial charge on any atom is 0.232 e. The number of hydrogen-bond acceptors (Lipinski definition) is 8. The summed E-state index contributed by atoms with van der Waals surface area (Å²) in [7, 11) is 2.02. The standard InChI is InChI=1S/C18H22N8/c1-13(26(2)11-8-15-12-20-9-10-21-15)16-23-17(19)25-18(24-16)22-14-6-4-3-5-7-14/h3-7,9-10,12-13H,8,11H2,1-2H3,(H3,19,22,23,24,25)/t13-/m0/s1. The quantitative estimate of drug-likeness (QED) is 0.668. The highest BCUT2D eigenvalue weighted by Gasteiger charge is 2.17. The lowest BCUT2D eigenvalue weighted by Crippen LogP contribution is -2.27. The fourth-order valence-electron chi connectivity index (χ4n) is 2.44. The number of aromatic nitrogens is 5. The number of nitrogen functional groups attached to an aromatic ring is 1. The van der Waals surface area contributed by atoms with Crippen molar-refractivity contribution < 1.29 is 0 Å². The Kier molecular flexibility index (Phi) is 5.65. The van der Waals surface area contributed by atoms with E-state index >= 15 is 0 Å². The van der Waals surface area contributed by atoms with Gasteiger partial charge in [0, 0.05) is 37.2 Å². The Morgan fingerprint density at radius 1 is 1.12 bits per heavy atom. The van der Waals surface area contributed by atoms with E-state index in [9.17, 15) is 0 Å². The zero-order valence-corrected chi connectivity index (χ0v) is 14.9. The molecule has 3 aromatic rings. The third-order valence-electron chi connectivity index (χ3n) is 4.07. The molecule has 134 valence electrons. The third kappa shape index (κ3) is 4.70. The Hall–Kier alpha value is -3.13. The summed E-state index contributed by atoms with van der Waals surface area (Å²) in [5.41, 5.74) is 7.73. The van der Waals surface area contributed by atoms with Crippen LogP contribution in [0.5, 0.6) is 0 Å². The highest BCUT2D eigenvalue weighted by Crippen LogP contribution is 2.19. The molecule has 2 heterocycles. The first-order valence-electron chi connectivity index (χ1n) is 8.40. The minimum atomic E-state index is -0.0201. The number of anilines is 3. The van der Waals surface area contributed by atoms with E-state index in [1.807, 2.05) is 44.3 Å². The minimum Gasteiger partial charge on any atom is -0.368 e. The van der Waals surface area contributed by atoms with Crippen LogP contribution in [0.2, 0.25) is 0 Å². The summed E-state index contributed by atoms with van der Waals surface area (Å²) in [6, 6.07) is 9.69. The van der Waals surface area contributed by atoms with Gasteiger partial charge in [-0.25, -0.2) is 0 Å². The molecular weight excluding hydrogens is 328 g/mol. The second-order valence-corrected chi connectivity index (χ2v) is 5.97. The SMILES string of the molecule is C[C@@H](c1nc(N)nc(Nc2ccccc2)n1)N(C)CCc1cnccn1. The van der Waals surface area contributed by atoms with E-state index in [2.05, 4.69) is 35.1 Å². The van der Waals surface area contributed by atoms with E-state index in [1.165, 1.54) is 0 Å². The molecule has 8 nitrogen and oxygen atoms in total. The molecule has 26 heavy (non-hydrogen) atoms. The largest absolute Gasteiger partial charge is 0.368 e. The van der Waals surface area contributed by atoms with Gasteiger partial charge in [0.1, 0.15) is 0 Å². The average Bonchev–Trinajstić information content (AvgIpc) is 2.66. The molecule has 0 radical (unpaired) electrons. The summed E-state index contributed by atoms with van der Waals surface area (Å²) < 4.78 is 0. The van der Waals surface area contributed by atoms with Crippen molar-refractivity contribution in [1.82, 2.24) is 29.8 Å². The Morgan fingerprint density at radius 3 is 2.65 bits per heavy atom. The zero-order valence-electron chi connectivity index (χ0n) is 14.9. The van der Waals surface area contributed by atoms with Crippen molar-refractivity contribution in [3.05, 3.63) is 60.4 Å². The molecule has 0 amide bonds. The third-order valence-corrected chi connectivity index (χ3v) is 4.07. The first-order valence-corrected chi connectivity index (χ1v) is 8.40. The number of nitrogens with one attached hydrogen (secondary N) is 1. The Morgan fingerprint density at radius 2 is 1.92 bits per heavy atom. The van der Waals surface area contributed by atoms with Crippen molar-refractivity contribution in [1.29, 1.82) is 0 Å². The average molecular weight is 350 g/mol. The molecule has 1 aromatic carbocycles. The fraction of sp³-hybridized carbons (Fsp3) is 0.278. The molecule has 3 N–H and O–H groups in total. The monoisotopic (exact) mass is 350 g/mol. The second-order valence-electron chi connectivity index (χ2n) is 5.97. The fourth-order valence-corrected chi connectivity index (χ4v) is 2.44. The van der Waals surface area contributed by atoms with Crippen molar-refractivity contribution >= 4 is 17.6 Å². The summed E-state index contributed by atoms with van der Waals surface area (Å²) in [5.74, 6) is 1.26. The minimum absolute atomic E-state index is 0.0201. The maximum absolute atomic E-state index is 5.88. The van der Waals surface area contributed by atoms with E-state index in [4.69, 9.17) is 5.73 Å². The van der Waals surface area contributed by atoms with Gasteiger partial charge in [0.2, 0.25) is 11.9 Å². The second kappa shape index (κ2) is 8.30. The van der Waals surface area contributed by atoms with Gasteiger partial charge in [0.05, 0.1) is 11.7 Å². The molecule has 0 aliphatic heterocycles. The lowest BCUT2D eigenvalue weighted by atomic mass is 10.2. The number of nitrogens with zero attached hydrogens (tertiary/aromatic N) is 6. The summed E-state index contributed by atoms with van der Waals surface area (Å²) in [6.07, 6.45) is 5.95. The first kappa shape index (κ1) is 17.7. The van der Waals surface area contributed by atoms with Gasteiger partial charge in [-0.15, -0.1) is 0 Å². The van der Waals surface area contributed by atoms with Crippen LogP contribution in [0, 0.1) is 0 Å². The number of benzene rings is 1. The highest BCUT2D eigenvalue weighted by molar-refractivity contribution is 5.53. The molecule has 0 bridgehead atoms. The molecule has 2 aromatic heterocycles. The van der Waals surface area contributed by atoms with E-state index in [0.29, 0.717) is 11.8 Å². The molecular formula is C18H22N8. The predicted octanol–water partition coefficient (Wildman–Crippen LogP) is 2.22. The topological polar surface area (TPSA) is 106 Å². The van der Waals surface area contributed by atoms with E-state index < -0.39 is 0 Å². The van der Waals surface area contributed by atoms with Crippen molar-refractivity contribution in [3.8, 4) is 0 Å². The lowest BCUT2D eigenvalue weighted by molar-refractivity contribution is 0.254. The van der Waals surface area contributed by atoms with Gasteiger partial charge < -0.3 is 11.1 Å². The van der Waals surface area contributed by atoms with Crippen LogP contribution in [0.25, 0.3) is 0 Å². The van der Waals surface area contributed by atoms with Gasteiger partial charge in [-0.1, -0.05) is 18.2 Å². The molecule has 3 rings (SSSR count). The Bertz CT molecular complexity index is 825. The zero-order chi connectivity index (χ0) is 18.4. The van der Waals surface area contributed by atoms with Gasteiger partial charge in [-0.3, -0.25) is 14.9 Å². The van der Waals surface area contributed by atoms with Crippen molar-refractivity contribution in [2.75, 3.05) is 24.6 Å². The van der Waals surface area contributed by atoms with Crippen molar-refractivity contribution in [3.63, 3.8) is 0 Å². The summed E-state index contributed by atoms with van der Waals surface area (Å²) in [4.78, 5) is 23.5. The molecule has 0 saturated carbocycles. The van der Waals surface area contributed by atoms with E-state index in [1.54, 1.807) is 18.6 Å². The number of nitrogens with two attached hydrogens (primary N) is 1. The predicted molar refractivity (Wildman–Crippen MR) is 101 cm³/mol. The Labute approximate surface area is 152 Å². The van der Waals surface area contributed by atoms with Crippen LogP contribution in [-0.4, -0.2) is 43.4 Å². The van der Waals surface area contributed by atoms with Gasteiger partial charge in [0.15, 0.2) is 5.82 Å². The van der Waals surface area contributed by atoms with Gasteiger partial charge in [0.25, 0.3) is 0 Å². The summed E-state index contributed by atoms with van der Waals surface area (Å²) >= 11 is 0. The van der Waals surface area contributed by atoms with Crippen LogP contribution in [0.3, 0.4) is 0 Å². The smallest absolute Gasteiger partial charge is 0.232 e. The Balaban J connectivity index is 1.69. The molecule has 0 aliphatic rings. The summed E-state index contributed by atoms with van der Waals surface area (Å²) in [6.45, 7) is 2.84. The first-order chi connectivity index (χ1) is 12.6. The van der Waals surface area contributed by atoms with Crippen molar-refractivity contribution in [2.45, 2.75) is 19.4 Å². The number of likely N-dealkylation sites (N-methyl/N-ethyl adjacent to an activating group) is 1. The van der Waals surface area contributed by atoms with Gasteiger partial charge in [-0.2, -0.15) is 15.0 Å². The lowest BCUT2D eigenvalue weighted by Gasteiger charge is -2.23. The van der Waals surface area contributed by atoms with Crippen LogP contribution in [0.15, 0.2) is 48.9 Å². The molecule has 0 spiro atoms. The highest BCUT2D eigenvalue weighted by atomic mass is 15.2. The van der Waals surface area contributed by atoms with Crippen LogP contribution in [0.1, 0.15) is 24.5 Å². The van der Waals surface area contributed by atoms with Crippen LogP contribution >= 0.6 is 0 Å². The molecule has 0 unspecified atom stereocenters. The molecule has 1 atom stereocenters. The molecule has 8 heteroatoms. The molecule has 0 fully saturated rings. The van der Waals surface area contributed by atoms with E-state index in [0.717, 1.165) is 24.3 Å². The van der Waals surface area contributed by atoms with Gasteiger partial charge >= 0.3 is 0 Å². The molecule has 0 aliphatic carbocycles. The van der Waals surface area contributed by atoms with E-state index in [-0.39, 0.29) is 12.0 Å². The number of hydrogen-bond donors (Lipinski definition) is 2. The van der Waals surface area contributed by atoms with Crippen LogP contribution in [0.4, 0.5) is 17.6 Å². The van der Waals surface area contributed by atoms with Crippen molar-refractivity contribution in [2.24, 2.45) is 0 Å². The van der Waals surface area contributed by atoms with Gasteiger partial charge in [-0.05, 0) is 26.1 Å². The van der Waals surface area contributed by atoms with Crippen LogP contribution in [-0.2, 0) is 6.42 Å². The molecule has 0 saturated heterocycles. The maximum atomic E-state index is 5.88. The van der Waals surface area contributed by atoms with Crippen LogP contribution < -0.4 is 11.1 Å². The number of rotatable bonds is 7. The normalized spacial score (nSPS) is 12.1.